The van der Waals surface area contributed by atoms with Crippen LogP contribution in [0.5, 0.6) is 0 Å². The highest BCUT2D eigenvalue weighted by molar-refractivity contribution is 5.29. The van der Waals surface area contributed by atoms with Crippen LogP contribution in [-0.2, 0) is 0 Å². The average molecular weight is 154 g/mol. The number of hydrogen-bond acceptors (Lipinski definition) is 4. The fourth-order valence-corrected chi connectivity index (χ4v) is 0.678. The molecule has 11 heavy (non-hydrogen) atoms. The molecule has 0 bridgehead atoms. The molecule has 0 aliphatic carbocycles. The Morgan fingerprint density at radius 2 is 2.55 bits per heavy atom. The summed E-state index contributed by atoms with van der Waals surface area (Å²) in [5.41, 5.74) is 6.01. The first-order chi connectivity index (χ1) is 5.24. The molecule has 0 saturated carbocycles. The van der Waals surface area contributed by atoms with Crippen LogP contribution in [0.2, 0.25) is 0 Å². The molecule has 0 aromatic carbocycles. The lowest BCUT2D eigenvalue weighted by Gasteiger charge is -1.97. The molecule has 0 atom stereocenters. The highest BCUT2D eigenvalue weighted by atomic mass is 16.5. The van der Waals surface area contributed by atoms with Crippen LogP contribution in [0, 0.1) is 0 Å². The molecule has 0 aliphatic rings. The maximum Gasteiger partial charge on any atom is 0.258 e. The number of rotatable bonds is 1. The van der Waals surface area contributed by atoms with Gasteiger partial charge < -0.3 is 10.9 Å². The third-order valence-electron chi connectivity index (χ3n) is 1.10. The topological polar surface area (TPSA) is 76.4 Å². The van der Waals surface area contributed by atoms with Crippen LogP contribution in [0.4, 0.5) is 5.69 Å². The summed E-state index contributed by atoms with van der Waals surface area (Å²) >= 11 is 0. The van der Waals surface area contributed by atoms with Gasteiger partial charge in [0.2, 0.25) is 0 Å². The van der Waals surface area contributed by atoms with E-state index in [0.717, 1.165) is 4.73 Å². The van der Waals surface area contributed by atoms with E-state index in [0.29, 0.717) is 12.2 Å². The summed E-state index contributed by atoms with van der Waals surface area (Å²) in [6.07, 6.45) is 2.79. The summed E-state index contributed by atoms with van der Waals surface area (Å²) in [7, 11) is 0. The van der Waals surface area contributed by atoms with Crippen molar-refractivity contribution in [3.05, 3.63) is 18.0 Å². The Balaban J connectivity index is 3.20. The maximum atomic E-state index is 9.10. The van der Waals surface area contributed by atoms with Gasteiger partial charge in [-0.15, -0.1) is 0 Å². The summed E-state index contributed by atoms with van der Waals surface area (Å²) in [5.74, 6) is 0. The molecule has 60 valence electrons. The van der Waals surface area contributed by atoms with E-state index >= 15 is 0 Å². The summed E-state index contributed by atoms with van der Waals surface area (Å²) < 4.78 is 0.804. The van der Waals surface area contributed by atoms with Crippen LogP contribution in [-0.4, -0.2) is 21.5 Å². The van der Waals surface area contributed by atoms with Gasteiger partial charge in [-0.25, -0.2) is 9.98 Å². The Labute approximate surface area is 63.8 Å². The molecule has 0 amide bonds. The van der Waals surface area contributed by atoms with Crippen molar-refractivity contribution in [2.75, 3.05) is 12.3 Å². The molecular formula is C6H10N4O. The number of nitrogen functional groups attached to an aromatic ring is 1. The van der Waals surface area contributed by atoms with Gasteiger partial charge in [0.05, 0.1) is 18.1 Å². The van der Waals surface area contributed by atoms with Gasteiger partial charge in [-0.2, -0.15) is 4.73 Å². The molecule has 1 aromatic rings. The first kappa shape index (κ1) is 7.59. The predicted molar refractivity (Wildman–Crippen MR) is 39.9 cm³/mol. The number of nitrogens with zero attached hydrogens (tertiary/aromatic N) is 3. The van der Waals surface area contributed by atoms with Gasteiger partial charge >= 0.3 is 0 Å². The van der Waals surface area contributed by atoms with Gasteiger partial charge in [0.25, 0.3) is 5.62 Å². The first-order valence-corrected chi connectivity index (χ1v) is 3.28. The molecule has 5 nitrogen and oxygen atoms in total. The van der Waals surface area contributed by atoms with E-state index in [1.165, 1.54) is 12.4 Å². The third-order valence-corrected chi connectivity index (χ3v) is 1.10. The minimum Gasteiger partial charge on any atom is -0.425 e. The summed E-state index contributed by atoms with van der Waals surface area (Å²) in [6.45, 7) is 2.44. The van der Waals surface area contributed by atoms with Crippen molar-refractivity contribution in [2.45, 2.75) is 6.92 Å². The van der Waals surface area contributed by atoms with E-state index in [-0.39, 0.29) is 5.62 Å². The van der Waals surface area contributed by atoms with Crippen LogP contribution in [0.25, 0.3) is 0 Å². The zero-order valence-corrected chi connectivity index (χ0v) is 6.23. The van der Waals surface area contributed by atoms with Crippen LogP contribution in [0.15, 0.2) is 17.4 Å². The molecule has 3 N–H and O–H groups in total. The monoisotopic (exact) mass is 154 g/mol. The smallest absolute Gasteiger partial charge is 0.258 e. The normalized spacial score (nSPS) is 11.9. The quantitative estimate of drug-likeness (QED) is 0.541. The second kappa shape index (κ2) is 3.05. The van der Waals surface area contributed by atoms with Gasteiger partial charge in [0.1, 0.15) is 0 Å². The number of nitrogens with two attached hydrogens (primary N) is 1. The molecular weight excluding hydrogens is 144 g/mol. The lowest BCUT2D eigenvalue weighted by molar-refractivity contribution is 0.167. The number of hydrogen-bond donors (Lipinski definition) is 2. The lowest BCUT2D eigenvalue weighted by Crippen LogP contribution is -2.22. The van der Waals surface area contributed by atoms with Crippen molar-refractivity contribution < 1.29 is 5.21 Å². The average Bonchev–Trinajstić information content (AvgIpc) is 1.95. The lowest BCUT2D eigenvalue weighted by atomic mass is 10.6. The Hall–Kier alpha value is -1.52. The SMILES string of the molecule is CCN=c1ncc(N)cn1O. The maximum absolute atomic E-state index is 9.10. The molecule has 0 unspecified atom stereocenters. The van der Waals surface area contributed by atoms with Crippen molar-refractivity contribution in [2.24, 2.45) is 4.99 Å². The first-order valence-electron chi connectivity index (χ1n) is 3.28. The second-order valence-corrected chi connectivity index (χ2v) is 2.01. The fourth-order valence-electron chi connectivity index (χ4n) is 0.678. The predicted octanol–water partition coefficient (Wildman–Crippen LogP) is -0.377. The minimum atomic E-state index is 0.265. The van der Waals surface area contributed by atoms with E-state index in [1.807, 2.05) is 6.92 Å². The molecule has 1 rings (SSSR count). The van der Waals surface area contributed by atoms with Gasteiger partial charge in [-0.3, -0.25) is 0 Å². The summed E-state index contributed by atoms with van der Waals surface area (Å²) in [4.78, 5) is 7.68. The van der Waals surface area contributed by atoms with E-state index in [4.69, 9.17) is 10.9 Å². The Morgan fingerprint density at radius 3 is 3.09 bits per heavy atom. The Bertz CT molecular complexity index is 304. The van der Waals surface area contributed by atoms with Crippen LogP contribution >= 0.6 is 0 Å². The molecule has 1 aromatic heterocycles. The van der Waals surface area contributed by atoms with Crippen molar-refractivity contribution in [3.63, 3.8) is 0 Å². The molecule has 1 heterocycles. The van der Waals surface area contributed by atoms with Crippen molar-refractivity contribution in [1.29, 1.82) is 0 Å². The van der Waals surface area contributed by atoms with E-state index in [2.05, 4.69) is 9.98 Å². The van der Waals surface area contributed by atoms with Crippen molar-refractivity contribution in [1.82, 2.24) is 9.71 Å². The van der Waals surface area contributed by atoms with Crippen LogP contribution in [0.1, 0.15) is 6.92 Å². The Morgan fingerprint density at radius 1 is 1.82 bits per heavy atom. The van der Waals surface area contributed by atoms with Crippen molar-refractivity contribution >= 4 is 5.69 Å². The number of anilines is 1. The summed E-state index contributed by atoms with van der Waals surface area (Å²) in [5, 5.41) is 9.10. The van der Waals surface area contributed by atoms with E-state index < -0.39 is 0 Å². The molecule has 0 fully saturated rings. The third kappa shape index (κ3) is 1.70. The number of aromatic nitrogens is 2. The fraction of sp³-hybridized carbons (Fsp3) is 0.333. The van der Waals surface area contributed by atoms with E-state index in [1.54, 1.807) is 0 Å². The van der Waals surface area contributed by atoms with Gasteiger partial charge in [0.15, 0.2) is 0 Å². The van der Waals surface area contributed by atoms with Crippen molar-refractivity contribution in [3.8, 4) is 0 Å². The second-order valence-electron chi connectivity index (χ2n) is 2.01. The van der Waals surface area contributed by atoms with Gasteiger partial charge in [-0.1, -0.05) is 0 Å². The molecule has 5 heteroatoms. The molecule has 0 spiro atoms. The van der Waals surface area contributed by atoms with Gasteiger partial charge in [-0.05, 0) is 6.92 Å². The van der Waals surface area contributed by atoms with Gasteiger partial charge in [0, 0.05) is 6.54 Å². The molecule has 0 saturated heterocycles. The van der Waals surface area contributed by atoms with E-state index in [9.17, 15) is 0 Å². The Kier molecular flexibility index (Phi) is 2.10. The minimum absolute atomic E-state index is 0.265. The van der Waals surface area contributed by atoms with Crippen LogP contribution in [0.3, 0.4) is 0 Å². The summed E-state index contributed by atoms with van der Waals surface area (Å²) in [6, 6.07) is 0. The largest absolute Gasteiger partial charge is 0.425 e. The molecule has 0 aliphatic heterocycles. The zero-order valence-electron chi connectivity index (χ0n) is 6.23. The zero-order chi connectivity index (χ0) is 8.27. The van der Waals surface area contributed by atoms with Crippen LogP contribution < -0.4 is 11.4 Å². The standard InChI is InChI=1S/C6H10N4O/c1-2-8-6-9-3-5(7)4-10(6)11/h3-4,11H,2,7H2,1H3. The molecule has 0 radical (unpaired) electrons. The highest BCUT2D eigenvalue weighted by Crippen LogP contribution is 1.89. The highest BCUT2D eigenvalue weighted by Gasteiger charge is 1.90.